The van der Waals surface area contributed by atoms with Crippen molar-refractivity contribution in [3.63, 3.8) is 0 Å². The molecule has 0 aliphatic rings. The van der Waals surface area contributed by atoms with Crippen LogP contribution in [0, 0.1) is 11.3 Å². The van der Waals surface area contributed by atoms with Crippen LogP contribution in [0.1, 0.15) is 13.8 Å². The van der Waals surface area contributed by atoms with Crippen molar-refractivity contribution in [1.82, 2.24) is 0 Å². The molecule has 0 rings (SSSR count). The maximum absolute atomic E-state index is 8.54. The van der Waals surface area contributed by atoms with Crippen molar-refractivity contribution < 1.29 is 4.74 Å². The molecule has 0 radical (unpaired) electrons. The SMILES string of the molecule is C=CC=C(OC(C)C)C(=C)C#N. The van der Waals surface area contributed by atoms with Crippen molar-refractivity contribution in [3.8, 4) is 6.07 Å². The van der Waals surface area contributed by atoms with Crippen molar-refractivity contribution in [2.75, 3.05) is 0 Å². The van der Waals surface area contributed by atoms with E-state index < -0.39 is 0 Å². The van der Waals surface area contributed by atoms with Crippen molar-refractivity contribution in [2.45, 2.75) is 20.0 Å². The Morgan fingerprint density at radius 1 is 1.58 bits per heavy atom. The first kappa shape index (κ1) is 10.5. The molecule has 12 heavy (non-hydrogen) atoms. The van der Waals surface area contributed by atoms with Crippen LogP contribution >= 0.6 is 0 Å². The molecule has 0 aromatic heterocycles. The summed E-state index contributed by atoms with van der Waals surface area (Å²) in [6, 6.07) is 1.92. The summed E-state index contributed by atoms with van der Waals surface area (Å²) in [7, 11) is 0. The Kier molecular flexibility index (Phi) is 4.55. The van der Waals surface area contributed by atoms with Gasteiger partial charge in [-0.1, -0.05) is 19.2 Å². The number of hydrogen-bond acceptors (Lipinski definition) is 2. The molecular formula is C10H13NO. The predicted molar refractivity (Wildman–Crippen MR) is 49.3 cm³/mol. The van der Waals surface area contributed by atoms with Gasteiger partial charge in [-0.15, -0.1) is 0 Å². The number of nitriles is 1. The number of allylic oxidation sites excluding steroid dienone is 3. The van der Waals surface area contributed by atoms with Crippen LogP contribution in [0.5, 0.6) is 0 Å². The quantitative estimate of drug-likeness (QED) is 0.362. The molecule has 64 valence electrons. The number of ether oxygens (including phenoxy) is 1. The molecule has 0 aromatic carbocycles. The molecule has 0 unspecified atom stereocenters. The first-order valence-corrected chi connectivity index (χ1v) is 3.70. The van der Waals surface area contributed by atoms with E-state index in [9.17, 15) is 0 Å². The molecule has 0 N–H and O–H groups in total. The van der Waals surface area contributed by atoms with Crippen LogP contribution in [-0.2, 0) is 4.74 Å². The van der Waals surface area contributed by atoms with Gasteiger partial charge in [-0.05, 0) is 19.9 Å². The Labute approximate surface area is 73.5 Å². The van der Waals surface area contributed by atoms with Crippen molar-refractivity contribution in [2.24, 2.45) is 0 Å². The van der Waals surface area contributed by atoms with E-state index in [-0.39, 0.29) is 6.10 Å². The average molecular weight is 163 g/mol. The zero-order chi connectivity index (χ0) is 9.56. The lowest BCUT2D eigenvalue weighted by Crippen LogP contribution is -2.03. The molecular weight excluding hydrogens is 150 g/mol. The van der Waals surface area contributed by atoms with Gasteiger partial charge in [-0.2, -0.15) is 5.26 Å². The summed E-state index contributed by atoms with van der Waals surface area (Å²) in [5, 5.41) is 8.54. The summed E-state index contributed by atoms with van der Waals surface area (Å²) in [4.78, 5) is 0. The molecule has 0 aromatic rings. The maximum atomic E-state index is 8.54. The number of nitrogens with zero attached hydrogens (tertiary/aromatic N) is 1. The maximum Gasteiger partial charge on any atom is 0.136 e. The van der Waals surface area contributed by atoms with E-state index >= 15 is 0 Å². The van der Waals surface area contributed by atoms with Crippen LogP contribution in [0.2, 0.25) is 0 Å². The Bertz CT molecular complexity index is 243. The van der Waals surface area contributed by atoms with Crippen molar-refractivity contribution in [3.05, 3.63) is 36.6 Å². The lowest BCUT2D eigenvalue weighted by atomic mass is 10.2. The van der Waals surface area contributed by atoms with E-state index in [1.807, 2.05) is 19.9 Å². The summed E-state index contributed by atoms with van der Waals surface area (Å²) in [5.41, 5.74) is 0.323. The van der Waals surface area contributed by atoms with Gasteiger partial charge in [0.2, 0.25) is 0 Å². The summed E-state index contributed by atoms with van der Waals surface area (Å²) in [6.45, 7) is 10.8. The summed E-state index contributed by atoms with van der Waals surface area (Å²) in [6.07, 6.45) is 3.24. The molecule has 0 saturated carbocycles. The fourth-order valence-electron chi connectivity index (χ4n) is 0.627. The molecule has 0 aliphatic heterocycles. The molecule has 0 amide bonds. The highest BCUT2D eigenvalue weighted by Crippen LogP contribution is 2.11. The van der Waals surface area contributed by atoms with Crippen LogP contribution in [0.4, 0.5) is 0 Å². The van der Waals surface area contributed by atoms with E-state index in [0.29, 0.717) is 11.3 Å². The van der Waals surface area contributed by atoms with E-state index in [0.717, 1.165) is 0 Å². The molecule has 2 nitrogen and oxygen atoms in total. The highest BCUT2D eigenvalue weighted by atomic mass is 16.5. The minimum absolute atomic E-state index is 0.0429. The van der Waals surface area contributed by atoms with Gasteiger partial charge in [0.25, 0.3) is 0 Å². The predicted octanol–water partition coefficient (Wildman–Crippen LogP) is 2.56. The van der Waals surface area contributed by atoms with E-state index in [4.69, 9.17) is 10.00 Å². The third kappa shape index (κ3) is 3.62. The van der Waals surface area contributed by atoms with Crippen molar-refractivity contribution in [1.29, 1.82) is 5.26 Å². The molecule has 0 heterocycles. The first-order chi connectivity index (χ1) is 5.61. The zero-order valence-corrected chi connectivity index (χ0v) is 7.50. The zero-order valence-electron chi connectivity index (χ0n) is 7.50. The van der Waals surface area contributed by atoms with Crippen LogP contribution in [0.15, 0.2) is 36.6 Å². The topological polar surface area (TPSA) is 33.0 Å². The molecule has 0 aliphatic carbocycles. The standard InChI is InChI=1S/C10H13NO/c1-5-6-10(9(4)7-11)12-8(2)3/h5-6,8H,1,4H2,2-3H3. The second-order valence-corrected chi connectivity index (χ2v) is 2.52. The van der Waals surface area contributed by atoms with Gasteiger partial charge in [-0.3, -0.25) is 0 Å². The fourth-order valence-corrected chi connectivity index (χ4v) is 0.627. The Balaban J connectivity index is 4.47. The molecule has 0 saturated heterocycles. The molecule has 0 spiro atoms. The second-order valence-electron chi connectivity index (χ2n) is 2.52. The molecule has 2 heteroatoms. The smallest absolute Gasteiger partial charge is 0.136 e. The average Bonchev–Trinajstić information content (AvgIpc) is 2.01. The number of hydrogen-bond donors (Lipinski definition) is 0. The Morgan fingerprint density at radius 3 is 2.50 bits per heavy atom. The normalized spacial score (nSPS) is 10.7. The lowest BCUT2D eigenvalue weighted by molar-refractivity contribution is 0.156. The fraction of sp³-hybridized carbons (Fsp3) is 0.300. The second kappa shape index (κ2) is 5.20. The largest absolute Gasteiger partial charge is 0.490 e. The van der Waals surface area contributed by atoms with E-state index in [1.165, 1.54) is 0 Å². The molecule has 0 atom stereocenters. The van der Waals surface area contributed by atoms with Crippen LogP contribution in [-0.4, -0.2) is 6.10 Å². The Hall–Kier alpha value is -1.49. The lowest BCUT2D eigenvalue weighted by Gasteiger charge is -2.11. The number of rotatable bonds is 4. The van der Waals surface area contributed by atoms with Gasteiger partial charge in [0, 0.05) is 0 Å². The van der Waals surface area contributed by atoms with Gasteiger partial charge in [0.1, 0.15) is 11.8 Å². The van der Waals surface area contributed by atoms with Crippen LogP contribution in [0.3, 0.4) is 0 Å². The highest BCUT2D eigenvalue weighted by Gasteiger charge is 2.03. The third-order valence-electron chi connectivity index (χ3n) is 1.06. The molecule has 0 bridgehead atoms. The minimum atomic E-state index is 0.0429. The van der Waals surface area contributed by atoms with Gasteiger partial charge in [0.15, 0.2) is 0 Å². The van der Waals surface area contributed by atoms with Gasteiger partial charge in [-0.25, -0.2) is 0 Å². The summed E-state index contributed by atoms with van der Waals surface area (Å²) in [5.74, 6) is 0.488. The first-order valence-electron chi connectivity index (χ1n) is 3.70. The van der Waals surface area contributed by atoms with E-state index in [2.05, 4.69) is 13.2 Å². The van der Waals surface area contributed by atoms with Gasteiger partial charge < -0.3 is 4.74 Å². The van der Waals surface area contributed by atoms with Crippen LogP contribution in [0.25, 0.3) is 0 Å². The Morgan fingerprint density at radius 2 is 2.17 bits per heavy atom. The highest BCUT2D eigenvalue weighted by molar-refractivity contribution is 5.37. The van der Waals surface area contributed by atoms with Crippen LogP contribution < -0.4 is 0 Å². The van der Waals surface area contributed by atoms with Gasteiger partial charge >= 0.3 is 0 Å². The molecule has 0 fully saturated rings. The third-order valence-corrected chi connectivity index (χ3v) is 1.06. The van der Waals surface area contributed by atoms with Crippen molar-refractivity contribution >= 4 is 0 Å². The van der Waals surface area contributed by atoms with Gasteiger partial charge in [0.05, 0.1) is 11.7 Å². The summed E-state index contributed by atoms with van der Waals surface area (Å²) < 4.78 is 5.31. The van der Waals surface area contributed by atoms with E-state index in [1.54, 1.807) is 12.2 Å². The minimum Gasteiger partial charge on any atom is -0.490 e. The summed E-state index contributed by atoms with van der Waals surface area (Å²) >= 11 is 0. The monoisotopic (exact) mass is 163 g/mol.